The van der Waals surface area contributed by atoms with Gasteiger partial charge >= 0.3 is 0 Å². The maximum absolute atomic E-state index is 12.9. The van der Waals surface area contributed by atoms with Crippen molar-refractivity contribution < 1.29 is 18.0 Å². The van der Waals surface area contributed by atoms with Gasteiger partial charge in [0.1, 0.15) is 0 Å². The van der Waals surface area contributed by atoms with Crippen molar-refractivity contribution in [1.82, 2.24) is 14.5 Å². The number of nitrogens with zero attached hydrogens (tertiary/aromatic N) is 2. The van der Waals surface area contributed by atoms with Crippen LogP contribution in [-0.4, -0.2) is 68.1 Å². The van der Waals surface area contributed by atoms with Gasteiger partial charge in [-0.15, -0.1) is 0 Å². The number of carbonyl (C=O) groups excluding carboxylic acids is 2. The zero-order valence-corrected chi connectivity index (χ0v) is 18.1. The SMILES string of the molecule is CCN1CCC(NC(=O)C2CCN(S(=O)(=O)c3cccc(C(C)=O)c3)CC2)CC1. The quantitative estimate of drug-likeness (QED) is 0.709. The van der Waals surface area contributed by atoms with Crippen LogP contribution in [0.1, 0.15) is 49.9 Å². The normalized spacial score (nSPS) is 20.5. The summed E-state index contributed by atoms with van der Waals surface area (Å²) < 4.78 is 27.3. The first-order valence-corrected chi connectivity index (χ1v) is 11.9. The summed E-state index contributed by atoms with van der Waals surface area (Å²) in [6.07, 6.45) is 2.98. The van der Waals surface area contributed by atoms with E-state index in [-0.39, 0.29) is 28.5 Å². The number of nitrogens with one attached hydrogen (secondary N) is 1. The minimum absolute atomic E-state index is 0.0515. The lowest BCUT2D eigenvalue weighted by Gasteiger charge is -2.34. The Balaban J connectivity index is 1.55. The maximum Gasteiger partial charge on any atom is 0.243 e. The van der Waals surface area contributed by atoms with Crippen molar-refractivity contribution in [2.24, 2.45) is 5.92 Å². The van der Waals surface area contributed by atoms with Crippen LogP contribution in [-0.2, 0) is 14.8 Å². The minimum atomic E-state index is -3.66. The van der Waals surface area contributed by atoms with Gasteiger partial charge in [-0.3, -0.25) is 9.59 Å². The summed E-state index contributed by atoms with van der Waals surface area (Å²) in [5, 5.41) is 3.17. The molecule has 7 nitrogen and oxygen atoms in total. The van der Waals surface area contributed by atoms with Crippen LogP contribution in [0, 0.1) is 5.92 Å². The molecule has 2 saturated heterocycles. The fraction of sp³-hybridized carbons (Fsp3) is 0.619. The van der Waals surface area contributed by atoms with Gasteiger partial charge < -0.3 is 10.2 Å². The molecule has 1 N–H and O–H groups in total. The summed E-state index contributed by atoms with van der Waals surface area (Å²) in [5.74, 6) is -0.257. The Morgan fingerprint density at radius 3 is 2.31 bits per heavy atom. The van der Waals surface area contributed by atoms with Crippen molar-refractivity contribution in [3.63, 3.8) is 0 Å². The Kier molecular flexibility index (Phi) is 7.08. The van der Waals surface area contributed by atoms with E-state index in [1.54, 1.807) is 12.1 Å². The third kappa shape index (κ3) is 5.24. The van der Waals surface area contributed by atoms with Crippen LogP contribution in [0.3, 0.4) is 0 Å². The van der Waals surface area contributed by atoms with Gasteiger partial charge in [-0.1, -0.05) is 19.1 Å². The molecular formula is C21H31N3O4S. The molecule has 2 heterocycles. The van der Waals surface area contributed by atoms with E-state index in [0.717, 1.165) is 32.5 Å². The largest absolute Gasteiger partial charge is 0.353 e. The Bertz CT molecular complexity index is 839. The predicted octanol–water partition coefficient (Wildman–Crippen LogP) is 1.89. The Morgan fingerprint density at radius 1 is 1.07 bits per heavy atom. The number of likely N-dealkylation sites (tertiary alicyclic amines) is 1. The number of hydrogen-bond donors (Lipinski definition) is 1. The lowest BCUT2D eigenvalue weighted by molar-refractivity contribution is -0.127. The number of ketones is 1. The molecule has 0 unspecified atom stereocenters. The van der Waals surface area contributed by atoms with Crippen LogP contribution in [0.2, 0.25) is 0 Å². The van der Waals surface area contributed by atoms with E-state index in [9.17, 15) is 18.0 Å². The number of piperidine rings is 2. The van der Waals surface area contributed by atoms with E-state index < -0.39 is 10.0 Å². The second-order valence-corrected chi connectivity index (χ2v) is 9.92. The highest BCUT2D eigenvalue weighted by molar-refractivity contribution is 7.89. The molecule has 2 aliphatic heterocycles. The summed E-state index contributed by atoms with van der Waals surface area (Å²) in [4.78, 5) is 26.7. The Morgan fingerprint density at radius 2 is 1.72 bits per heavy atom. The van der Waals surface area contributed by atoms with Gasteiger partial charge in [-0.2, -0.15) is 4.31 Å². The third-order valence-electron chi connectivity index (χ3n) is 6.08. The van der Waals surface area contributed by atoms with Crippen molar-refractivity contribution >= 4 is 21.7 Å². The summed E-state index contributed by atoms with van der Waals surface area (Å²) in [5.41, 5.74) is 0.384. The number of benzene rings is 1. The first kappa shape index (κ1) is 21.9. The van der Waals surface area contributed by atoms with E-state index in [0.29, 0.717) is 31.5 Å². The second-order valence-electron chi connectivity index (χ2n) is 7.98. The van der Waals surface area contributed by atoms with Crippen LogP contribution in [0.4, 0.5) is 0 Å². The lowest BCUT2D eigenvalue weighted by atomic mass is 9.96. The van der Waals surface area contributed by atoms with Gasteiger partial charge in [0.05, 0.1) is 4.90 Å². The highest BCUT2D eigenvalue weighted by atomic mass is 32.2. The molecular weight excluding hydrogens is 390 g/mol. The van der Waals surface area contributed by atoms with Crippen molar-refractivity contribution in [3.8, 4) is 0 Å². The van der Waals surface area contributed by atoms with Crippen molar-refractivity contribution in [2.45, 2.75) is 50.5 Å². The fourth-order valence-corrected chi connectivity index (χ4v) is 5.61. The zero-order valence-electron chi connectivity index (χ0n) is 17.3. The monoisotopic (exact) mass is 421 g/mol. The van der Waals surface area contributed by atoms with E-state index in [2.05, 4.69) is 17.1 Å². The van der Waals surface area contributed by atoms with Gasteiger partial charge in [0.15, 0.2) is 5.78 Å². The molecule has 1 aromatic rings. The number of rotatable bonds is 6. The van der Waals surface area contributed by atoms with Gasteiger partial charge in [-0.25, -0.2) is 8.42 Å². The lowest BCUT2D eigenvalue weighted by Crippen LogP contribution is -2.48. The average molecular weight is 422 g/mol. The fourth-order valence-electron chi connectivity index (χ4n) is 4.10. The molecule has 0 aromatic heterocycles. The zero-order chi connectivity index (χ0) is 21.0. The Labute approximate surface area is 173 Å². The van der Waals surface area contributed by atoms with E-state index in [1.807, 2.05) is 0 Å². The molecule has 0 aliphatic carbocycles. The molecule has 0 atom stereocenters. The van der Waals surface area contributed by atoms with E-state index >= 15 is 0 Å². The van der Waals surface area contributed by atoms with Crippen molar-refractivity contribution in [2.75, 3.05) is 32.7 Å². The maximum atomic E-state index is 12.9. The number of sulfonamides is 1. The summed E-state index contributed by atoms with van der Waals surface area (Å²) in [7, 11) is -3.66. The summed E-state index contributed by atoms with van der Waals surface area (Å²) in [6, 6.07) is 6.38. The van der Waals surface area contributed by atoms with Crippen molar-refractivity contribution in [3.05, 3.63) is 29.8 Å². The number of amides is 1. The van der Waals surface area contributed by atoms with Crippen LogP contribution in [0.5, 0.6) is 0 Å². The summed E-state index contributed by atoms with van der Waals surface area (Å²) >= 11 is 0. The molecule has 2 fully saturated rings. The predicted molar refractivity (Wildman–Crippen MR) is 111 cm³/mol. The molecule has 8 heteroatoms. The molecule has 160 valence electrons. The first-order valence-electron chi connectivity index (χ1n) is 10.4. The van der Waals surface area contributed by atoms with Gasteiger partial charge in [0, 0.05) is 43.7 Å². The first-order chi connectivity index (χ1) is 13.8. The smallest absolute Gasteiger partial charge is 0.243 e. The molecule has 0 saturated carbocycles. The summed E-state index contributed by atoms with van der Waals surface area (Å²) in [6.45, 7) is 7.27. The molecule has 1 amide bonds. The van der Waals surface area contributed by atoms with Crippen molar-refractivity contribution in [1.29, 1.82) is 0 Å². The highest BCUT2D eigenvalue weighted by Crippen LogP contribution is 2.25. The van der Waals surface area contributed by atoms with Gasteiger partial charge in [-0.05, 0) is 51.3 Å². The van der Waals surface area contributed by atoms with Gasteiger partial charge in [0.25, 0.3) is 0 Å². The molecule has 1 aromatic carbocycles. The molecule has 0 spiro atoms. The third-order valence-corrected chi connectivity index (χ3v) is 7.98. The van der Waals surface area contributed by atoms with E-state index in [4.69, 9.17) is 0 Å². The molecule has 29 heavy (non-hydrogen) atoms. The van der Waals surface area contributed by atoms with Gasteiger partial charge in [0.2, 0.25) is 15.9 Å². The van der Waals surface area contributed by atoms with Crippen LogP contribution >= 0.6 is 0 Å². The molecule has 0 bridgehead atoms. The highest BCUT2D eigenvalue weighted by Gasteiger charge is 2.33. The number of carbonyl (C=O) groups is 2. The number of Topliss-reactive ketones (excluding diaryl/α,β-unsaturated/α-hetero) is 1. The minimum Gasteiger partial charge on any atom is -0.353 e. The van der Waals surface area contributed by atoms with Crippen LogP contribution in [0.15, 0.2) is 29.2 Å². The van der Waals surface area contributed by atoms with Crippen LogP contribution < -0.4 is 5.32 Å². The topological polar surface area (TPSA) is 86.8 Å². The van der Waals surface area contributed by atoms with Crippen LogP contribution in [0.25, 0.3) is 0 Å². The second kappa shape index (κ2) is 9.36. The standard InChI is InChI=1S/C21H31N3O4S/c1-3-23-11-9-19(10-12-23)22-21(26)17-7-13-24(14-8-17)29(27,28)20-6-4-5-18(15-20)16(2)25/h4-6,15,17,19H,3,7-14H2,1-2H3,(H,22,26). The molecule has 0 radical (unpaired) electrons. The molecule has 3 rings (SSSR count). The number of hydrogen-bond acceptors (Lipinski definition) is 5. The van der Waals surface area contributed by atoms with E-state index in [1.165, 1.54) is 23.4 Å². The Hall–Kier alpha value is -1.77. The average Bonchev–Trinajstić information content (AvgIpc) is 2.74. The molecule has 2 aliphatic rings.